The monoisotopic (exact) mass is 299 g/mol. The van der Waals surface area contributed by atoms with E-state index in [4.69, 9.17) is 5.73 Å². The van der Waals surface area contributed by atoms with Crippen LogP contribution in [0.3, 0.4) is 0 Å². The van der Waals surface area contributed by atoms with Crippen molar-refractivity contribution in [3.05, 3.63) is 23.8 Å². The number of rotatable bonds is 1. The Kier molecular flexibility index (Phi) is 3.22. The van der Waals surface area contributed by atoms with Crippen molar-refractivity contribution in [2.24, 2.45) is 0 Å². The number of carbonyl (C=O) groups is 1. The number of halogens is 3. The summed E-state index contributed by atoms with van der Waals surface area (Å²) in [5.74, 6) is 0.105. The molecule has 4 nitrogen and oxygen atoms in total. The summed E-state index contributed by atoms with van der Waals surface area (Å²) >= 11 is 0. The van der Waals surface area contributed by atoms with Gasteiger partial charge in [-0.05, 0) is 24.6 Å². The van der Waals surface area contributed by atoms with Crippen LogP contribution < -0.4 is 10.6 Å². The number of amides is 1. The molecule has 1 aromatic rings. The van der Waals surface area contributed by atoms with Crippen molar-refractivity contribution in [3.63, 3.8) is 0 Å². The molecule has 1 aromatic carbocycles. The van der Waals surface area contributed by atoms with Crippen molar-refractivity contribution < 1.29 is 18.0 Å². The summed E-state index contributed by atoms with van der Waals surface area (Å²) in [6.45, 7) is 1.33. The first-order valence-electron chi connectivity index (χ1n) is 6.87. The molecule has 2 aliphatic heterocycles. The Morgan fingerprint density at radius 2 is 2.00 bits per heavy atom. The van der Waals surface area contributed by atoms with Gasteiger partial charge in [0.1, 0.15) is 0 Å². The number of fused-ring (bicyclic) bond motifs is 1. The molecule has 3 rings (SSSR count). The fourth-order valence-corrected chi connectivity index (χ4v) is 3.14. The van der Waals surface area contributed by atoms with Gasteiger partial charge in [0.2, 0.25) is 5.91 Å². The Morgan fingerprint density at radius 1 is 1.24 bits per heavy atom. The summed E-state index contributed by atoms with van der Waals surface area (Å²) in [5.41, 5.74) is 5.02. The Morgan fingerprint density at radius 3 is 2.71 bits per heavy atom. The number of hydrogen-bond donors (Lipinski definition) is 1. The summed E-state index contributed by atoms with van der Waals surface area (Å²) in [6.07, 6.45) is -3.23. The third-order valence-electron chi connectivity index (χ3n) is 4.16. The molecule has 0 aliphatic carbocycles. The molecule has 0 bridgehead atoms. The fourth-order valence-electron chi connectivity index (χ4n) is 3.14. The molecule has 114 valence electrons. The Hall–Kier alpha value is -1.92. The number of anilines is 2. The van der Waals surface area contributed by atoms with Gasteiger partial charge in [0, 0.05) is 43.5 Å². The fraction of sp³-hybridized carbons (Fsp3) is 0.500. The third-order valence-corrected chi connectivity index (χ3v) is 4.16. The maximum absolute atomic E-state index is 13.2. The largest absolute Gasteiger partial charge is 0.418 e. The van der Waals surface area contributed by atoms with Crippen LogP contribution >= 0.6 is 0 Å². The summed E-state index contributed by atoms with van der Waals surface area (Å²) in [5, 5.41) is 0. The molecule has 21 heavy (non-hydrogen) atoms. The minimum Gasteiger partial charge on any atom is -0.399 e. The van der Waals surface area contributed by atoms with Crippen LogP contribution in [-0.4, -0.2) is 36.5 Å². The lowest BCUT2D eigenvalue weighted by Gasteiger charge is -2.39. The summed E-state index contributed by atoms with van der Waals surface area (Å²) in [7, 11) is 0. The molecule has 2 N–H and O–H groups in total. The number of piperazine rings is 1. The normalized spacial score (nSPS) is 22.6. The lowest BCUT2D eigenvalue weighted by atomic mass is 10.1. The molecule has 1 unspecified atom stereocenters. The first-order chi connectivity index (χ1) is 9.86. The van der Waals surface area contributed by atoms with Gasteiger partial charge in [0.25, 0.3) is 0 Å². The lowest BCUT2D eigenvalue weighted by molar-refractivity contribution is -0.137. The first kappa shape index (κ1) is 14.0. The molecular formula is C14H16F3N3O. The minimum absolute atomic E-state index is 0.0184. The Balaban J connectivity index is 1.89. The molecular weight excluding hydrogens is 283 g/mol. The molecule has 2 heterocycles. The number of nitrogens with two attached hydrogens (primary N) is 1. The van der Waals surface area contributed by atoms with Crippen LogP contribution in [-0.2, 0) is 11.0 Å². The zero-order valence-electron chi connectivity index (χ0n) is 11.4. The van der Waals surface area contributed by atoms with Gasteiger partial charge in [0.15, 0.2) is 0 Å². The van der Waals surface area contributed by atoms with Crippen LogP contribution in [0.15, 0.2) is 18.2 Å². The van der Waals surface area contributed by atoms with Crippen LogP contribution in [0.25, 0.3) is 0 Å². The van der Waals surface area contributed by atoms with Crippen molar-refractivity contribution in [3.8, 4) is 0 Å². The number of carbonyl (C=O) groups excluding carboxylic acids is 1. The number of nitrogens with zero attached hydrogens (tertiary/aromatic N) is 2. The van der Waals surface area contributed by atoms with Gasteiger partial charge in [-0.1, -0.05) is 0 Å². The summed E-state index contributed by atoms with van der Waals surface area (Å²) < 4.78 is 39.5. The highest BCUT2D eigenvalue weighted by Crippen LogP contribution is 2.39. The molecule has 7 heteroatoms. The van der Waals surface area contributed by atoms with Crippen molar-refractivity contribution in [1.82, 2.24) is 4.90 Å². The van der Waals surface area contributed by atoms with Gasteiger partial charge >= 0.3 is 6.18 Å². The van der Waals surface area contributed by atoms with E-state index in [1.54, 1.807) is 9.80 Å². The minimum atomic E-state index is -4.44. The predicted molar refractivity (Wildman–Crippen MR) is 72.8 cm³/mol. The molecule has 2 saturated heterocycles. The quantitative estimate of drug-likeness (QED) is 0.808. The smallest absolute Gasteiger partial charge is 0.399 e. The molecule has 0 spiro atoms. The van der Waals surface area contributed by atoms with Crippen LogP contribution in [0.1, 0.15) is 18.4 Å². The molecule has 0 radical (unpaired) electrons. The van der Waals surface area contributed by atoms with E-state index in [1.807, 2.05) is 0 Å². The van der Waals surface area contributed by atoms with Crippen LogP contribution in [0, 0.1) is 0 Å². The van der Waals surface area contributed by atoms with Crippen molar-refractivity contribution in [2.45, 2.75) is 25.1 Å². The first-order valence-corrected chi connectivity index (χ1v) is 6.87. The van der Waals surface area contributed by atoms with E-state index in [0.29, 0.717) is 32.5 Å². The second kappa shape index (κ2) is 4.82. The van der Waals surface area contributed by atoms with Crippen molar-refractivity contribution in [2.75, 3.05) is 30.3 Å². The van der Waals surface area contributed by atoms with Gasteiger partial charge in [-0.25, -0.2) is 0 Å². The van der Waals surface area contributed by atoms with Crippen LogP contribution in [0.4, 0.5) is 24.5 Å². The van der Waals surface area contributed by atoms with Gasteiger partial charge in [-0.15, -0.1) is 0 Å². The van der Waals surface area contributed by atoms with E-state index in [0.717, 1.165) is 6.07 Å². The maximum Gasteiger partial charge on any atom is 0.418 e. The number of alkyl halides is 3. The average Bonchev–Trinajstić information content (AvgIpc) is 2.79. The van der Waals surface area contributed by atoms with E-state index in [2.05, 4.69) is 0 Å². The van der Waals surface area contributed by atoms with Crippen molar-refractivity contribution in [1.29, 1.82) is 0 Å². The van der Waals surface area contributed by atoms with Gasteiger partial charge in [0.05, 0.1) is 5.56 Å². The van der Waals surface area contributed by atoms with Crippen LogP contribution in [0.2, 0.25) is 0 Å². The SMILES string of the molecule is Nc1ccc(N2CCN3C(=O)CCC3C2)c(C(F)(F)F)c1. The van der Waals surface area contributed by atoms with E-state index in [-0.39, 0.29) is 23.3 Å². The highest BCUT2D eigenvalue weighted by Gasteiger charge is 2.39. The zero-order chi connectivity index (χ0) is 15.2. The molecule has 0 saturated carbocycles. The lowest BCUT2D eigenvalue weighted by Crippen LogP contribution is -2.51. The third kappa shape index (κ3) is 2.52. The molecule has 2 fully saturated rings. The number of nitrogen functional groups attached to an aromatic ring is 1. The van der Waals surface area contributed by atoms with Gasteiger partial charge in [-0.2, -0.15) is 13.2 Å². The highest BCUT2D eigenvalue weighted by atomic mass is 19.4. The molecule has 1 atom stereocenters. The number of hydrogen-bond acceptors (Lipinski definition) is 3. The van der Waals surface area contributed by atoms with Crippen LogP contribution in [0.5, 0.6) is 0 Å². The van der Waals surface area contributed by atoms with Gasteiger partial charge in [-0.3, -0.25) is 4.79 Å². The topological polar surface area (TPSA) is 49.6 Å². The second-order valence-corrected chi connectivity index (χ2v) is 5.50. The average molecular weight is 299 g/mol. The predicted octanol–water partition coefficient (Wildman–Crippen LogP) is 2.10. The summed E-state index contributed by atoms with van der Waals surface area (Å²) in [4.78, 5) is 15.1. The molecule has 1 amide bonds. The highest BCUT2D eigenvalue weighted by molar-refractivity contribution is 5.79. The number of benzene rings is 1. The Bertz CT molecular complexity index is 573. The van der Waals surface area contributed by atoms with E-state index in [1.165, 1.54) is 12.1 Å². The molecule has 2 aliphatic rings. The maximum atomic E-state index is 13.2. The molecule has 0 aromatic heterocycles. The van der Waals surface area contributed by atoms with E-state index in [9.17, 15) is 18.0 Å². The van der Waals surface area contributed by atoms with E-state index < -0.39 is 11.7 Å². The van der Waals surface area contributed by atoms with Crippen molar-refractivity contribution >= 4 is 17.3 Å². The second-order valence-electron chi connectivity index (χ2n) is 5.50. The Labute approximate surface area is 120 Å². The summed E-state index contributed by atoms with van der Waals surface area (Å²) in [6, 6.07) is 3.90. The zero-order valence-corrected chi connectivity index (χ0v) is 11.4. The van der Waals surface area contributed by atoms with Gasteiger partial charge < -0.3 is 15.5 Å². The standard InChI is InChI=1S/C14H16F3N3O/c15-14(16,17)11-7-9(18)1-3-12(11)19-5-6-20-10(8-19)2-4-13(20)21/h1,3,7,10H,2,4-6,8,18H2. The van der Waals surface area contributed by atoms with E-state index >= 15 is 0 Å².